The van der Waals surface area contributed by atoms with E-state index in [1.54, 1.807) is 0 Å². The lowest BCUT2D eigenvalue weighted by Gasteiger charge is -2.01. The number of rotatable bonds is 4. The molecule has 2 heteroatoms. The predicted molar refractivity (Wildman–Crippen MR) is 43.1 cm³/mol. The Morgan fingerprint density at radius 2 is 2.27 bits per heavy atom. The third-order valence-corrected chi connectivity index (χ3v) is 2.15. The second-order valence-corrected chi connectivity index (χ2v) is 3.34. The van der Waals surface area contributed by atoms with Crippen LogP contribution in [0, 0.1) is 11.8 Å². The fourth-order valence-corrected chi connectivity index (χ4v) is 1.07. The van der Waals surface area contributed by atoms with E-state index >= 15 is 0 Å². The molecule has 1 aliphatic carbocycles. The maximum absolute atomic E-state index is 11.1. The molecule has 1 saturated carbocycles. The Labute approximate surface area is 67.9 Å². The standard InChI is InChI=1S/C9H16O2/c1-3-4-5-11-9(10)8-6-7(8)2/h7-8H,3-6H2,1-2H3. The average Bonchev–Trinajstić information content (AvgIpc) is 2.67. The molecule has 0 aliphatic heterocycles. The minimum absolute atomic E-state index is 0.0194. The van der Waals surface area contributed by atoms with Crippen LogP contribution < -0.4 is 0 Å². The first-order valence-corrected chi connectivity index (χ1v) is 4.42. The smallest absolute Gasteiger partial charge is 0.309 e. The predicted octanol–water partition coefficient (Wildman–Crippen LogP) is 1.99. The molecule has 0 aromatic rings. The van der Waals surface area contributed by atoms with Gasteiger partial charge in [-0.2, -0.15) is 0 Å². The summed E-state index contributed by atoms with van der Waals surface area (Å²) in [6.07, 6.45) is 3.12. The van der Waals surface area contributed by atoms with Crippen LogP contribution in [0.4, 0.5) is 0 Å². The molecule has 1 aliphatic rings. The molecule has 0 amide bonds. The van der Waals surface area contributed by atoms with Gasteiger partial charge >= 0.3 is 5.97 Å². The Hall–Kier alpha value is -0.530. The highest BCUT2D eigenvalue weighted by Crippen LogP contribution is 2.38. The molecule has 1 fully saturated rings. The molecule has 2 atom stereocenters. The molecule has 64 valence electrons. The molecule has 11 heavy (non-hydrogen) atoms. The molecule has 0 aromatic carbocycles. The molecular weight excluding hydrogens is 140 g/mol. The largest absolute Gasteiger partial charge is 0.465 e. The lowest BCUT2D eigenvalue weighted by atomic mass is 10.3. The molecule has 0 bridgehead atoms. The van der Waals surface area contributed by atoms with Gasteiger partial charge < -0.3 is 4.74 Å². The van der Waals surface area contributed by atoms with Crippen molar-refractivity contribution in [1.82, 2.24) is 0 Å². The van der Waals surface area contributed by atoms with E-state index < -0.39 is 0 Å². The van der Waals surface area contributed by atoms with Crippen LogP contribution in [0.3, 0.4) is 0 Å². The van der Waals surface area contributed by atoms with Crippen LogP contribution in [0.25, 0.3) is 0 Å². The highest BCUT2D eigenvalue weighted by molar-refractivity contribution is 5.75. The van der Waals surface area contributed by atoms with Crippen LogP contribution in [0.1, 0.15) is 33.1 Å². The maximum Gasteiger partial charge on any atom is 0.309 e. The van der Waals surface area contributed by atoms with E-state index in [-0.39, 0.29) is 11.9 Å². The van der Waals surface area contributed by atoms with Crippen LogP contribution in [0.15, 0.2) is 0 Å². The number of carbonyl (C=O) groups is 1. The Morgan fingerprint density at radius 3 is 2.73 bits per heavy atom. The lowest BCUT2D eigenvalue weighted by molar-refractivity contribution is -0.145. The van der Waals surface area contributed by atoms with Gasteiger partial charge in [-0.05, 0) is 18.8 Å². The molecule has 0 aromatic heterocycles. The molecule has 0 radical (unpaired) electrons. The highest BCUT2D eigenvalue weighted by atomic mass is 16.5. The van der Waals surface area contributed by atoms with E-state index in [9.17, 15) is 4.79 Å². The van der Waals surface area contributed by atoms with E-state index in [0.717, 1.165) is 19.3 Å². The molecule has 2 unspecified atom stereocenters. The number of ether oxygens (including phenoxy) is 1. The van der Waals surface area contributed by atoms with Gasteiger partial charge in [-0.1, -0.05) is 20.3 Å². The van der Waals surface area contributed by atoms with Crippen molar-refractivity contribution in [2.75, 3.05) is 6.61 Å². The van der Waals surface area contributed by atoms with E-state index in [4.69, 9.17) is 4.74 Å². The van der Waals surface area contributed by atoms with Gasteiger partial charge in [0.2, 0.25) is 0 Å². The van der Waals surface area contributed by atoms with Crippen molar-refractivity contribution < 1.29 is 9.53 Å². The van der Waals surface area contributed by atoms with E-state index in [1.807, 2.05) is 0 Å². The normalized spacial score (nSPS) is 28.2. The van der Waals surface area contributed by atoms with E-state index in [0.29, 0.717) is 12.5 Å². The second kappa shape index (κ2) is 3.74. The zero-order chi connectivity index (χ0) is 8.27. The van der Waals surface area contributed by atoms with Crippen LogP contribution in [-0.4, -0.2) is 12.6 Å². The lowest BCUT2D eigenvalue weighted by Crippen LogP contribution is -2.08. The summed E-state index contributed by atoms with van der Waals surface area (Å²) in [5.74, 6) is 0.821. The van der Waals surface area contributed by atoms with Crippen molar-refractivity contribution in [3.63, 3.8) is 0 Å². The van der Waals surface area contributed by atoms with Gasteiger partial charge in [-0.25, -0.2) is 0 Å². The monoisotopic (exact) mass is 156 g/mol. The van der Waals surface area contributed by atoms with Gasteiger partial charge in [0.25, 0.3) is 0 Å². The summed E-state index contributed by atoms with van der Waals surface area (Å²) in [6.45, 7) is 4.79. The molecular formula is C9H16O2. The molecule has 2 nitrogen and oxygen atoms in total. The number of hydrogen-bond donors (Lipinski definition) is 0. The fraction of sp³-hybridized carbons (Fsp3) is 0.889. The van der Waals surface area contributed by atoms with Crippen molar-refractivity contribution in [2.24, 2.45) is 11.8 Å². The van der Waals surface area contributed by atoms with Gasteiger partial charge in [-0.3, -0.25) is 4.79 Å². The van der Waals surface area contributed by atoms with Gasteiger partial charge in [0.15, 0.2) is 0 Å². The molecule has 0 saturated heterocycles. The minimum atomic E-state index is 0.0194. The first-order valence-electron chi connectivity index (χ1n) is 4.42. The molecule has 0 N–H and O–H groups in total. The summed E-state index contributed by atoms with van der Waals surface area (Å²) in [5.41, 5.74) is 0. The summed E-state index contributed by atoms with van der Waals surface area (Å²) in [7, 11) is 0. The zero-order valence-corrected chi connectivity index (χ0v) is 7.30. The number of unbranched alkanes of at least 4 members (excludes halogenated alkanes) is 1. The van der Waals surface area contributed by atoms with Crippen molar-refractivity contribution in [3.8, 4) is 0 Å². The summed E-state index contributed by atoms with van der Waals surface area (Å²) in [4.78, 5) is 11.1. The Balaban J connectivity index is 2.03. The first-order chi connectivity index (χ1) is 5.25. The first kappa shape index (κ1) is 8.57. The summed E-state index contributed by atoms with van der Waals surface area (Å²) >= 11 is 0. The van der Waals surface area contributed by atoms with Crippen LogP contribution in [0.2, 0.25) is 0 Å². The highest BCUT2D eigenvalue weighted by Gasteiger charge is 2.40. The zero-order valence-electron chi connectivity index (χ0n) is 7.30. The Bertz CT molecular complexity index is 142. The molecule has 0 heterocycles. The van der Waals surface area contributed by atoms with Gasteiger partial charge in [0.1, 0.15) is 0 Å². The molecule has 0 spiro atoms. The van der Waals surface area contributed by atoms with E-state index in [1.165, 1.54) is 0 Å². The topological polar surface area (TPSA) is 26.3 Å². The average molecular weight is 156 g/mol. The summed E-state index contributed by atoms with van der Waals surface area (Å²) < 4.78 is 5.04. The van der Waals surface area contributed by atoms with Crippen molar-refractivity contribution in [1.29, 1.82) is 0 Å². The summed E-state index contributed by atoms with van der Waals surface area (Å²) in [5, 5.41) is 0. The fourth-order valence-electron chi connectivity index (χ4n) is 1.07. The number of esters is 1. The van der Waals surface area contributed by atoms with Crippen molar-refractivity contribution in [3.05, 3.63) is 0 Å². The van der Waals surface area contributed by atoms with Gasteiger partial charge in [0, 0.05) is 0 Å². The number of carbonyl (C=O) groups excluding carboxylic acids is 1. The second-order valence-electron chi connectivity index (χ2n) is 3.34. The summed E-state index contributed by atoms with van der Waals surface area (Å²) in [6, 6.07) is 0. The number of hydrogen-bond acceptors (Lipinski definition) is 2. The Morgan fingerprint density at radius 1 is 1.64 bits per heavy atom. The molecule has 1 rings (SSSR count). The SMILES string of the molecule is CCCCOC(=O)C1CC1C. The van der Waals surface area contributed by atoms with Crippen molar-refractivity contribution in [2.45, 2.75) is 33.1 Å². The third-order valence-electron chi connectivity index (χ3n) is 2.15. The van der Waals surface area contributed by atoms with Gasteiger partial charge in [0.05, 0.1) is 12.5 Å². The van der Waals surface area contributed by atoms with Crippen LogP contribution >= 0.6 is 0 Å². The van der Waals surface area contributed by atoms with Gasteiger partial charge in [-0.15, -0.1) is 0 Å². The maximum atomic E-state index is 11.1. The van der Waals surface area contributed by atoms with Crippen molar-refractivity contribution >= 4 is 5.97 Å². The van der Waals surface area contributed by atoms with Crippen LogP contribution in [-0.2, 0) is 9.53 Å². The minimum Gasteiger partial charge on any atom is -0.465 e. The third kappa shape index (κ3) is 2.52. The van der Waals surface area contributed by atoms with E-state index in [2.05, 4.69) is 13.8 Å². The van der Waals surface area contributed by atoms with Crippen LogP contribution in [0.5, 0.6) is 0 Å². The quantitative estimate of drug-likeness (QED) is 0.459. The Kier molecular flexibility index (Phi) is 2.92.